The summed E-state index contributed by atoms with van der Waals surface area (Å²) in [4.78, 5) is 9.06. The highest BCUT2D eigenvalue weighted by Gasteiger charge is 2.10. The van der Waals surface area contributed by atoms with Gasteiger partial charge in [-0.25, -0.2) is 0 Å². The predicted octanol–water partition coefficient (Wildman–Crippen LogP) is 0.903. The van der Waals surface area contributed by atoms with E-state index in [1.165, 1.54) is 7.11 Å². The highest BCUT2D eigenvalue weighted by molar-refractivity contribution is 8.07. The lowest BCUT2D eigenvalue weighted by atomic mass is 10.5. The molecule has 0 saturated heterocycles. The average Bonchev–Trinajstić information content (AvgIpc) is 1.99. The fourth-order valence-corrected chi connectivity index (χ4v) is 1.12. The molecule has 6 heteroatoms. The van der Waals surface area contributed by atoms with Crippen LogP contribution >= 0.6 is 6.72 Å². The van der Waals surface area contributed by atoms with Crippen LogP contribution in [0.25, 0.3) is 0 Å². The molecule has 0 radical (unpaired) electrons. The molecule has 0 aromatic heterocycles. The van der Waals surface area contributed by atoms with Crippen molar-refractivity contribution in [1.29, 1.82) is 0 Å². The van der Waals surface area contributed by atoms with Crippen LogP contribution < -0.4 is 0 Å². The van der Waals surface area contributed by atoms with Gasteiger partial charge in [-0.2, -0.15) is 0 Å². The van der Waals surface area contributed by atoms with E-state index in [0.29, 0.717) is 19.6 Å². The van der Waals surface area contributed by atoms with Gasteiger partial charge >= 0.3 is 6.72 Å². The highest BCUT2D eigenvalue weighted by atomic mass is 32.5. The number of hydrogen-bond acceptors (Lipinski definition) is 4. The van der Waals surface area contributed by atoms with Crippen molar-refractivity contribution in [3.8, 4) is 0 Å². The molecule has 0 spiro atoms. The van der Waals surface area contributed by atoms with Crippen molar-refractivity contribution in [2.24, 2.45) is 0 Å². The van der Waals surface area contributed by atoms with Crippen molar-refractivity contribution >= 4 is 18.5 Å². The summed E-state index contributed by atoms with van der Waals surface area (Å²) in [6, 6.07) is 0. The van der Waals surface area contributed by atoms with E-state index in [2.05, 4.69) is 16.3 Å². The summed E-state index contributed by atoms with van der Waals surface area (Å²) in [5, 5.41) is 0. The van der Waals surface area contributed by atoms with Crippen molar-refractivity contribution in [3.05, 3.63) is 0 Å². The molecule has 0 fully saturated rings. The molecule has 0 bridgehead atoms. The summed E-state index contributed by atoms with van der Waals surface area (Å²) in [7, 11) is 2.93. The second kappa shape index (κ2) is 6.06. The zero-order chi connectivity index (χ0) is 8.74. The van der Waals surface area contributed by atoms with E-state index in [1.807, 2.05) is 0 Å². The molecule has 0 aliphatic rings. The van der Waals surface area contributed by atoms with Crippen LogP contribution in [-0.4, -0.2) is 32.3 Å². The minimum absolute atomic E-state index is 0.370. The van der Waals surface area contributed by atoms with Crippen LogP contribution in [0.3, 0.4) is 0 Å². The van der Waals surface area contributed by atoms with Crippen LogP contribution in [0.4, 0.5) is 0 Å². The van der Waals surface area contributed by atoms with Crippen molar-refractivity contribution < 1.29 is 18.7 Å². The smallest absolute Gasteiger partial charge is 0.324 e. The van der Waals surface area contributed by atoms with Gasteiger partial charge in [0, 0.05) is 20.8 Å². The van der Waals surface area contributed by atoms with Gasteiger partial charge in [0.1, 0.15) is 0 Å². The summed E-state index contributed by atoms with van der Waals surface area (Å²) in [5.41, 5.74) is 0. The maximum absolute atomic E-state index is 9.06. The molecule has 11 heavy (non-hydrogen) atoms. The van der Waals surface area contributed by atoms with E-state index in [4.69, 9.17) is 14.2 Å². The van der Waals surface area contributed by atoms with Gasteiger partial charge in [-0.1, -0.05) is 0 Å². The van der Waals surface area contributed by atoms with E-state index in [9.17, 15) is 0 Å². The molecular weight excluding hydrogens is 187 g/mol. The molecule has 68 valence electrons. The molecule has 0 aliphatic carbocycles. The Kier molecular flexibility index (Phi) is 6.33. The zero-order valence-corrected chi connectivity index (χ0v) is 8.36. The second-order valence-corrected chi connectivity index (χ2v) is 4.78. The monoisotopic (exact) mass is 200 g/mol. The molecule has 1 unspecified atom stereocenters. The van der Waals surface area contributed by atoms with Gasteiger partial charge in [0.15, 0.2) is 0 Å². The van der Waals surface area contributed by atoms with Crippen LogP contribution in [0, 0.1) is 0 Å². The number of rotatable bonds is 6. The Morgan fingerprint density at radius 3 is 2.45 bits per heavy atom. The lowest BCUT2D eigenvalue weighted by molar-refractivity contribution is 0.160. The zero-order valence-electron chi connectivity index (χ0n) is 6.65. The molecule has 0 aliphatic heterocycles. The number of ether oxygens (including phenoxy) is 1. The SMILES string of the molecule is COCCCOP(O)(=S)OC. The molecule has 1 N–H and O–H groups in total. The Bertz CT molecular complexity index is 140. The van der Waals surface area contributed by atoms with Gasteiger partial charge in [0.05, 0.1) is 6.61 Å². The minimum atomic E-state index is -2.94. The third kappa shape index (κ3) is 6.87. The summed E-state index contributed by atoms with van der Waals surface area (Å²) in [6.45, 7) is -1.97. The Morgan fingerprint density at radius 1 is 1.36 bits per heavy atom. The topological polar surface area (TPSA) is 47.9 Å². The molecule has 0 aromatic carbocycles. The molecule has 0 aromatic rings. The fourth-order valence-electron chi connectivity index (χ4n) is 0.436. The fraction of sp³-hybridized carbons (Fsp3) is 1.00. The molecule has 1 atom stereocenters. The minimum Gasteiger partial charge on any atom is -0.385 e. The Balaban J connectivity index is 3.31. The van der Waals surface area contributed by atoms with Crippen molar-refractivity contribution in [2.75, 3.05) is 27.4 Å². The molecular formula is C5H13O4PS. The Labute approximate surface area is 71.7 Å². The van der Waals surface area contributed by atoms with Gasteiger partial charge in [0.25, 0.3) is 0 Å². The van der Waals surface area contributed by atoms with Gasteiger partial charge in [-0.05, 0) is 18.2 Å². The van der Waals surface area contributed by atoms with Crippen LogP contribution in [-0.2, 0) is 25.6 Å². The van der Waals surface area contributed by atoms with Gasteiger partial charge in [0.2, 0.25) is 0 Å². The first kappa shape index (κ1) is 11.5. The van der Waals surface area contributed by atoms with E-state index in [0.717, 1.165) is 0 Å². The lowest BCUT2D eigenvalue weighted by Gasteiger charge is -2.11. The Hall–Kier alpha value is 0.490. The first-order chi connectivity index (χ1) is 5.12. The van der Waals surface area contributed by atoms with E-state index >= 15 is 0 Å². The third-order valence-electron chi connectivity index (χ3n) is 0.978. The summed E-state index contributed by atoms with van der Waals surface area (Å²) < 4.78 is 14.2. The van der Waals surface area contributed by atoms with E-state index in [1.54, 1.807) is 7.11 Å². The number of methoxy groups -OCH3 is 1. The maximum atomic E-state index is 9.06. The van der Waals surface area contributed by atoms with Gasteiger partial charge in [-0.15, -0.1) is 0 Å². The summed E-state index contributed by atoms with van der Waals surface area (Å²) in [6.07, 6.45) is 0.707. The maximum Gasteiger partial charge on any atom is 0.324 e. The van der Waals surface area contributed by atoms with Gasteiger partial charge in [-0.3, -0.25) is 0 Å². The normalized spacial score (nSPS) is 16.3. The van der Waals surface area contributed by atoms with E-state index in [-0.39, 0.29) is 0 Å². The number of hydrogen-bond donors (Lipinski definition) is 1. The van der Waals surface area contributed by atoms with E-state index < -0.39 is 6.72 Å². The molecule has 0 amide bonds. The second-order valence-electron chi connectivity index (χ2n) is 1.83. The quantitative estimate of drug-likeness (QED) is 0.510. The average molecular weight is 200 g/mol. The van der Waals surface area contributed by atoms with Crippen LogP contribution in [0.2, 0.25) is 0 Å². The molecule has 0 heterocycles. The third-order valence-corrected chi connectivity index (χ3v) is 2.71. The van der Waals surface area contributed by atoms with Crippen LogP contribution in [0.5, 0.6) is 0 Å². The first-order valence-electron chi connectivity index (χ1n) is 3.14. The summed E-state index contributed by atoms with van der Waals surface area (Å²) >= 11 is 4.58. The lowest BCUT2D eigenvalue weighted by Crippen LogP contribution is -1.98. The predicted molar refractivity (Wildman–Crippen MR) is 46.0 cm³/mol. The molecule has 0 saturated carbocycles. The first-order valence-corrected chi connectivity index (χ1v) is 5.73. The Morgan fingerprint density at radius 2 is 2.00 bits per heavy atom. The molecule has 4 nitrogen and oxygen atoms in total. The van der Waals surface area contributed by atoms with Crippen LogP contribution in [0.15, 0.2) is 0 Å². The highest BCUT2D eigenvalue weighted by Crippen LogP contribution is 2.42. The van der Waals surface area contributed by atoms with Crippen molar-refractivity contribution in [3.63, 3.8) is 0 Å². The van der Waals surface area contributed by atoms with Gasteiger partial charge < -0.3 is 18.7 Å². The van der Waals surface area contributed by atoms with Crippen molar-refractivity contribution in [1.82, 2.24) is 0 Å². The standard InChI is InChI=1S/C5H13O4PS/c1-7-4-3-5-9-10(6,11)8-2/h3-5H2,1-2H3,(H,6,11). The van der Waals surface area contributed by atoms with Crippen LogP contribution in [0.1, 0.15) is 6.42 Å². The molecule has 0 rings (SSSR count). The van der Waals surface area contributed by atoms with Crippen molar-refractivity contribution in [2.45, 2.75) is 6.42 Å². The largest absolute Gasteiger partial charge is 0.385 e. The summed E-state index contributed by atoms with van der Waals surface area (Å²) in [5.74, 6) is 0.